The van der Waals surface area contributed by atoms with Crippen molar-refractivity contribution in [3.05, 3.63) is 26.6 Å². The molecule has 1 aromatic carbocycles. The van der Waals surface area contributed by atoms with Gasteiger partial charge in [-0.2, -0.15) is 0 Å². The zero-order valence-electron chi connectivity index (χ0n) is 11.9. The van der Waals surface area contributed by atoms with Gasteiger partial charge in [0.25, 0.3) is 0 Å². The molecule has 1 aliphatic heterocycles. The van der Waals surface area contributed by atoms with Crippen LogP contribution in [-0.4, -0.2) is 19.0 Å². The zero-order chi connectivity index (χ0) is 14.8. The first-order valence-electron chi connectivity index (χ1n) is 6.96. The van der Waals surface area contributed by atoms with E-state index >= 15 is 0 Å². The molecule has 0 bridgehead atoms. The van der Waals surface area contributed by atoms with E-state index in [0.29, 0.717) is 0 Å². The van der Waals surface area contributed by atoms with Gasteiger partial charge >= 0.3 is 0 Å². The summed E-state index contributed by atoms with van der Waals surface area (Å²) in [5, 5.41) is 6.42. The number of aryl methyl sites for hydroxylation is 1. The molecule has 0 aromatic heterocycles. The molecule has 0 radical (unpaired) electrons. The fourth-order valence-corrected chi connectivity index (χ4v) is 4.42. The Bertz CT molecular complexity index is 488. The third-order valence-corrected chi connectivity index (χ3v) is 5.13. The Morgan fingerprint density at radius 2 is 2.05 bits per heavy atom. The first-order chi connectivity index (χ1) is 9.48. The minimum atomic E-state index is -0.265. The first kappa shape index (κ1) is 16.0. The summed E-state index contributed by atoms with van der Waals surface area (Å²) < 4.78 is 1.82. The van der Waals surface area contributed by atoms with Crippen LogP contribution in [0, 0.1) is 12.3 Å². The van der Waals surface area contributed by atoms with E-state index in [1.807, 2.05) is 19.1 Å². The van der Waals surface area contributed by atoms with Crippen molar-refractivity contribution in [3.63, 3.8) is 0 Å². The van der Waals surface area contributed by atoms with E-state index in [2.05, 4.69) is 49.4 Å². The normalized spacial score (nSPS) is 22.0. The quantitative estimate of drug-likeness (QED) is 0.789. The lowest BCUT2D eigenvalue weighted by Crippen LogP contribution is -2.38. The summed E-state index contributed by atoms with van der Waals surface area (Å²) in [5.74, 6) is 0.120. The van der Waals surface area contributed by atoms with Gasteiger partial charge in [0.05, 0.1) is 11.1 Å². The number of anilines is 1. The van der Waals surface area contributed by atoms with Gasteiger partial charge in [-0.1, -0.05) is 13.3 Å². The van der Waals surface area contributed by atoms with E-state index in [4.69, 9.17) is 0 Å². The summed E-state index contributed by atoms with van der Waals surface area (Å²) in [6.45, 7) is 5.85. The van der Waals surface area contributed by atoms with Gasteiger partial charge in [0, 0.05) is 15.5 Å². The first-order valence-corrected chi connectivity index (χ1v) is 8.55. The van der Waals surface area contributed by atoms with Gasteiger partial charge in [-0.05, 0) is 75.9 Å². The fraction of sp³-hybridized carbons (Fsp3) is 0.533. The lowest BCUT2D eigenvalue weighted by atomic mass is 9.81. The number of amides is 1. The van der Waals surface area contributed by atoms with Crippen LogP contribution in [0.15, 0.2) is 21.1 Å². The van der Waals surface area contributed by atoms with Crippen LogP contribution in [0.4, 0.5) is 5.69 Å². The number of rotatable bonds is 4. The van der Waals surface area contributed by atoms with Gasteiger partial charge in [-0.3, -0.25) is 4.79 Å². The molecular weight excluding hydrogens is 384 g/mol. The summed E-state index contributed by atoms with van der Waals surface area (Å²) in [4.78, 5) is 12.7. The average Bonchev–Trinajstić information content (AvgIpc) is 2.83. The Labute approximate surface area is 137 Å². The lowest BCUT2D eigenvalue weighted by molar-refractivity contribution is -0.125. The smallest absolute Gasteiger partial charge is 0.231 e. The molecule has 3 nitrogen and oxygen atoms in total. The molecule has 0 aliphatic carbocycles. The number of hydrogen-bond donors (Lipinski definition) is 2. The molecular formula is C15H20Br2N2O. The number of halogens is 2. The molecule has 1 amide bonds. The maximum atomic E-state index is 12.7. The summed E-state index contributed by atoms with van der Waals surface area (Å²) in [6.07, 6.45) is 2.85. The topological polar surface area (TPSA) is 41.1 Å². The second-order valence-electron chi connectivity index (χ2n) is 5.51. The molecule has 5 heteroatoms. The van der Waals surface area contributed by atoms with E-state index in [-0.39, 0.29) is 11.3 Å². The van der Waals surface area contributed by atoms with Crippen molar-refractivity contribution in [2.24, 2.45) is 5.41 Å². The molecule has 1 aliphatic rings. The van der Waals surface area contributed by atoms with Crippen molar-refractivity contribution in [1.29, 1.82) is 0 Å². The molecule has 1 fully saturated rings. The predicted molar refractivity (Wildman–Crippen MR) is 90.0 cm³/mol. The second-order valence-corrected chi connectivity index (χ2v) is 7.22. The Morgan fingerprint density at radius 1 is 1.40 bits per heavy atom. The Kier molecular flexibility index (Phi) is 5.26. The summed E-state index contributed by atoms with van der Waals surface area (Å²) in [6, 6.07) is 4.03. The fourth-order valence-electron chi connectivity index (χ4n) is 2.81. The third-order valence-electron chi connectivity index (χ3n) is 3.88. The minimum absolute atomic E-state index is 0.120. The standard InChI is InChI=1S/C15H20Br2N2O/c1-3-4-15(5-6-18-9-15)14(20)19-13-11(16)7-10(2)8-12(13)17/h7-8,18H,3-6,9H2,1-2H3,(H,19,20). The van der Waals surface area contributed by atoms with Crippen molar-refractivity contribution < 1.29 is 4.79 Å². The van der Waals surface area contributed by atoms with Crippen molar-refractivity contribution in [1.82, 2.24) is 5.32 Å². The summed E-state index contributed by atoms with van der Waals surface area (Å²) >= 11 is 7.06. The third kappa shape index (κ3) is 3.26. The van der Waals surface area contributed by atoms with Gasteiger partial charge < -0.3 is 10.6 Å². The van der Waals surface area contributed by atoms with E-state index in [0.717, 1.165) is 52.5 Å². The molecule has 110 valence electrons. The molecule has 1 saturated heterocycles. The predicted octanol–water partition coefficient (Wildman–Crippen LogP) is 4.24. The SMILES string of the molecule is CCCC1(C(=O)Nc2c(Br)cc(C)cc2Br)CCNC1. The average molecular weight is 404 g/mol. The highest BCUT2D eigenvalue weighted by atomic mass is 79.9. The van der Waals surface area contributed by atoms with Gasteiger partial charge in [-0.25, -0.2) is 0 Å². The highest BCUT2D eigenvalue weighted by molar-refractivity contribution is 9.11. The van der Waals surface area contributed by atoms with Crippen molar-refractivity contribution in [3.8, 4) is 0 Å². The molecule has 0 saturated carbocycles. The highest BCUT2D eigenvalue weighted by Crippen LogP contribution is 2.36. The zero-order valence-corrected chi connectivity index (χ0v) is 15.0. The Balaban J connectivity index is 2.23. The number of carbonyl (C=O) groups excluding carboxylic acids is 1. The molecule has 2 N–H and O–H groups in total. The van der Waals surface area contributed by atoms with Gasteiger partial charge in [0.1, 0.15) is 0 Å². The van der Waals surface area contributed by atoms with Crippen LogP contribution < -0.4 is 10.6 Å². The van der Waals surface area contributed by atoms with Crippen LogP contribution in [0.25, 0.3) is 0 Å². The van der Waals surface area contributed by atoms with Crippen molar-refractivity contribution >= 4 is 43.5 Å². The monoisotopic (exact) mass is 402 g/mol. The van der Waals surface area contributed by atoms with E-state index in [9.17, 15) is 4.79 Å². The van der Waals surface area contributed by atoms with Gasteiger partial charge in [-0.15, -0.1) is 0 Å². The minimum Gasteiger partial charge on any atom is -0.324 e. The largest absolute Gasteiger partial charge is 0.324 e. The molecule has 1 unspecified atom stereocenters. The van der Waals surface area contributed by atoms with Crippen LogP contribution in [0.5, 0.6) is 0 Å². The highest BCUT2D eigenvalue weighted by Gasteiger charge is 2.40. The summed E-state index contributed by atoms with van der Waals surface area (Å²) in [5.41, 5.74) is 1.70. The molecule has 0 spiro atoms. The van der Waals surface area contributed by atoms with Crippen LogP contribution >= 0.6 is 31.9 Å². The maximum absolute atomic E-state index is 12.7. The van der Waals surface area contributed by atoms with E-state index in [1.54, 1.807) is 0 Å². The van der Waals surface area contributed by atoms with Gasteiger partial charge in [0.2, 0.25) is 5.91 Å². The molecule has 1 heterocycles. The number of hydrogen-bond acceptors (Lipinski definition) is 2. The Hall–Kier alpha value is -0.390. The number of nitrogens with one attached hydrogen (secondary N) is 2. The molecule has 20 heavy (non-hydrogen) atoms. The van der Waals surface area contributed by atoms with Crippen LogP contribution in [0.1, 0.15) is 31.7 Å². The molecule has 2 rings (SSSR count). The number of carbonyl (C=O) groups is 1. The van der Waals surface area contributed by atoms with Crippen LogP contribution in [-0.2, 0) is 4.79 Å². The van der Waals surface area contributed by atoms with Crippen molar-refractivity contribution in [2.45, 2.75) is 33.1 Å². The van der Waals surface area contributed by atoms with Gasteiger partial charge in [0.15, 0.2) is 0 Å². The molecule has 1 aromatic rings. The van der Waals surface area contributed by atoms with Crippen LogP contribution in [0.2, 0.25) is 0 Å². The van der Waals surface area contributed by atoms with Crippen LogP contribution in [0.3, 0.4) is 0 Å². The van der Waals surface area contributed by atoms with E-state index in [1.165, 1.54) is 0 Å². The Morgan fingerprint density at radius 3 is 2.55 bits per heavy atom. The summed E-state index contributed by atoms with van der Waals surface area (Å²) in [7, 11) is 0. The lowest BCUT2D eigenvalue weighted by Gasteiger charge is -2.27. The molecule has 1 atom stereocenters. The van der Waals surface area contributed by atoms with E-state index < -0.39 is 0 Å². The maximum Gasteiger partial charge on any atom is 0.231 e. The van der Waals surface area contributed by atoms with Crippen molar-refractivity contribution in [2.75, 3.05) is 18.4 Å². The second kappa shape index (κ2) is 6.58. The number of benzene rings is 1.